The molecule has 0 spiro atoms. The maximum atomic E-state index is 12.3. The van der Waals surface area contributed by atoms with Gasteiger partial charge in [0.15, 0.2) is 11.6 Å². The molecule has 26 heavy (non-hydrogen) atoms. The zero-order valence-corrected chi connectivity index (χ0v) is 15.0. The molecule has 0 unspecified atom stereocenters. The molecular weight excluding hydrogens is 336 g/mol. The molecule has 0 atom stereocenters. The lowest BCUT2D eigenvalue weighted by atomic mass is 10.00. The van der Waals surface area contributed by atoms with Crippen LogP contribution in [0.5, 0.6) is 0 Å². The number of likely N-dealkylation sites (N-methyl/N-ethyl adjacent to an activating group) is 1. The third kappa shape index (κ3) is 3.21. The van der Waals surface area contributed by atoms with Gasteiger partial charge in [-0.05, 0) is 12.8 Å². The Kier molecular flexibility index (Phi) is 4.21. The van der Waals surface area contributed by atoms with Crippen molar-refractivity contribution in [1.82, 2.24) is 29.5 Å². The molecule has 2 aliphatic rings. The number of nitrogens with zero attached hydrogens (tertiary/aromatic N) is 6. The summed E-state index contributed by atoms with van der Waals surface area (Å²) in [5.74, 6) is 1.98. The lowest BCUT2D eigenvalue weighted by Crippen LogP contribution is -2.49. The van der Waals surface area contributed by atoms with Gasteiger partial charge >= 0.3 is 0 Å². The van der Waals surface area contributed by atoms with Crippen molar-refractivity contribution in [2.75, 3.05) is 26.7 Å². The molecule has 1 saturated heterocycles. The topological polar surface area (TPSA) is 97.4 Å². The predicted molar refractivity (Wildman–Crippen MR) is 90.2 cm³/mol. The van der Waals surface area contributed by atoms with Gasteiger partial charge in [-0.25, -0.2) is 4.98 Å². The van der Waals surface area contributed by atoms with Crippen molar-refractivity contribution in [1.29, 1.82) is 0 Å². The summed E-state index contributed by atoms with van der Waals surface area (Å²) in [4.78, 5) is 36.2. The molecule has 0 radical (unpaired) electrons. The van der Waals surface area contributed by atoms with E-state index < -0.39 is 0 Å². The van der Waals surface area contributed by atoms with Crippen LogP contribution >= 0.6 is 0 Å². The minimum absolute atomic E-state index is 0.0614. The average Bonchev–Trinajstić information content (AvgIpc) is 3.19. The van der Waals surface area contributed by atoms with Crippen molar-refractivity contribution in [2.45, 2.75) is 25.2 Å². The average molecular weight is 358 g/mol. The molecule has 4 rings (SSSR count). The molecule has 3 heterocycles. The van der Waals surface area contributed by atoms with Crippen molar-refractivity contribution in [3.8, 4) is 0 Å². The van der Waals surface area contributed by atoms with Crippen molar-refractivity contribution >= 4 is 11.8 Å². The zero-order valence-electron chi connectivity index (χ0n) is 15.0. The lowest BCUT2D eigenvalue weighted by molar-refractivity contribution is -0.131. The molecule has 2 aromatic rings. The monoisotopic (exact) mass is 358 g/mol. The van der Waals surface area contributed by atoms with E-state index in [1.165, 1.54) is 0 Å². The lowest BCUT2D eigenvalue weighted by Gasteiger charge is -2.36. The number of carbonyl (C=O) groups is 2. The highest BCUT2D eigenvalue weighted by Crippen LogP contribution is 2.30. The number of hydrogen-bond acceptors (Lipinski definition) is 6. The van der Waals surface area contributed by atoms with Gasteiger partial charge in [0.1, 0.15) is 0 Å². The van der Waals surface area contributed by atoms with Crippen molar-refractivity contribution in [3.63, 3.8) is 0 Å². The molecule has 0 bridgehead atoms. The minimum Gasteiger partial charge on any atom is -0.345 e. The fourth-order valence-corrected chi connectivity index (χ4v) is 3.07. The van der Waals surface area contributed by atoms with E-state index in [0.717, 1.165) is 12.8 Å². The molecule has 1 aliphatic heterocycles. The second-order valence-electron chi connectivity index (χ2n) is 7.10. The van der Waals surface area contributed by atoms with E-state index in [4.69, 9.17) is 4.52 Å². The van der Waals surface area contributed by atoms with Gasteiger partial charge in [0, 0.05) is 58.5 Å². The number of aryl methyl sites for hydroxylation is 1. The number of hydrogen-bond donors (Lipinski definition) is 0. The largest absolute Gasteiger partial charge is 0.345 e. The molecule has 1 aliphatic carbocycles. The van der Waals surface area contributed by atoms with Crippen LogP contribution in [0.4, 0.5) is 0 Å². The molecule has 0 N–H and O–H groups in total. The number of likely N-dealkylation sites (tertiary alicyclic amines) is 1. The normalized spacial score (nSPS) is 17.2. The Balaban J connectivity index is 1.27. The first kappa shape index (κ1) is 16.7. The first-order valence-electron chi connectivity index (χ1n) is 8.87. The standard InChI is InChI=1S/C17H22N6O3/c1-21-8-6-18-14(21)17(25)23-9-12(10-23)15-19-13(20-26-15)5-7-22(2)16(24)11-3-4-11/h6,8,11-12H,3-5,7,9-10H2,1-2H3. The number of rotatable bonds is 6. The van der Waals surface area contributed by atoms with Gasteiger partial charge < -0.3 is 18.9 Å². The zero-order chi connectivity index (χ0) is 18.3. The predicted octanol–water partition coefficient (Wildman–Crippen LogP) is 0.454. The molecule has 9 nitrogen and oxygen atoms in total. The Bertz CT molecular complexity index is 818. The Morgan fingerprint density at radius 1 is 1.35 bits per heavy atom. The summed E-state index contributed by atoms with van der Waals surface area (Å²) < 4.78 is 7.05. The summed E-state index contributed by atoms with van der Waals surface area (Å²) in [5.41, 5.74) is 0. The Hall–Kier alpha value is -2.71. The third-order valence-corrected chi connectivity index (χ3v) is 4.99. The van der Waals surface area contributed by atoms with E-state index in [-0.39, 0.29) is 23.7 Å². The molecular formula is C17H22N6O3. The number of carbonyl (C=O) groups excluding carboxylic acids is 2. The maximum absolute atomic E-state index is 12.3. The third-order valence-electron chi connectivity index (χ3n) is 4.99. The number of imidazole rings is 1. The summed E-state index contributed by atoms with van der Waals surface area (Å²) in [7, 11) is 3.61. The van der Waals surface area contributed by atoms with Crippen LogP contribution in [0.3, 0.4) is 0 Å². The SMILES string of the molecule is CN(CCc1noc(C2CN(C(=O)c3nccn3C)C2)n1)C(=O)C1CC1. The van der Waals surface area contributed by atoms with E-state index in [9.17, 15) is 9.59 Å². The van der Waals surface area contributed by atoms with Crippen LogP contribution in [0.25, 0.3) is 0 Å². The summed E-state index contributed by atoms with van der Waals surface area (Å²) in [5, 5.41) is 4.00. The summed E-state index contributed by atoms with van der Waals surface area (Å²) >= 11 is 0. The van der Waals surface area contributed by atoms with Crippen LogP contribution in [-0.2, 0) is 18.3 Å². The first-order chi connectivity index (χ1) is 12.5. The quantitative estimate of drug-likeness (QED) is 0.744. The molecule has 2 amide bonds. The van der Waals surface area contributed by atoms with Crippen LogP contribution in [-0.4, -0.2) is 68.0 Å². The molecule has 1 saturated carbocycles. The molecule has 0 aromatic carbocycles. The first-order valence-corrected chi connectivity index (χ1v) is 8.87. The number of aromatic nitrogens is 4. The van der Waals surface area contributed by atoms with Gasteiger partial charge in [-0.1, -0.05) is 5.16 Å². The second kappa shape index (κ2) is 6.54. The molecule has 138 valence electrons. The fraction of sp³-hybridized carbons (Fsp3) is 0.588. The highest BCUT2D eigenvalue weighted by Gasteiger charge is 2.37. The van der Waals surface area contributed by atoms with Crippen LogP contribution in [0.1, 0.15) is 41.1 Å². The van der Waals surface area contributed by atoms with E-state index in [1.807, 2.05) is 7.05 Å². The Morgan fingerprint density at radius 2 is 2.12 bits per heavy atom. The van der Waals surface area contributed by atoms with Crippen LogP contribution in [0.15, 0.2) is 16.9 Å². The molecule has 9 heteroatoms. The van der Waals surface area contributed by atoms with Gasteiger partial charge in [-0.15, -0.1) is 0 Å². The van der Waals surface area contributed by atoms with Gasteiger partial charge in [-0.3, -0.25) is 9.59 Å². The smallest absolute Gasteiger partial charge is 0.289 e. The maximum Gasteiger partial charge on any atom is 0.289 e. The van der Waals surface area contributed by atoms with Crippen molar-refractivity contribution in [2.24, 2.45) is 13.0 Å². The minimum atomic E-state index is -0.0892. The van der Waals surface area contributed by atoms with Gasteiger partial charge in [0.05, 0.1) is 5.92 Å². The van der Waals surface area contributed by atoms with E-state index in [2.05, 4.69) is 15.1 Å². The molecule has 2 fully saturated rings. The van der Waals surface area contributed by atoms with Gasteiger partial charge in [0.2, 0.25) is 11.8 Å². The van der Waals surface area contributed by atoms with Crippen molar-refractivity contribution in [3.05, 3.63) is 29.9 Å². The highest BCUT2D eigenvalue weighted by atomic mass is 16.5. The number of amides is 2. The van der Waals surface area contributed by atoms with Crippen LogP contribution < -0.4 is 0 Å². The summed E-state index contributed by atoms with van der Waals surface area (Å²) in [6.07, 6.45) is 5.94. The highest BCUT2D eigenvalue weighted by molar-refractivity contribution is 5.91. The molecule has 2 aromatic heterocycles. The van der Waals surface area contributed by atoms with Crippen molar-refractivity contribution < 1.29 is 14.1 Å². The Morgan fingerprint density at radius 3 is 2.77 bits per heavy atom. The Labute approximate surface area is 151 Å². The van der Waals surface area contributed by atoms with Gasteiger partial charge in [0.25, 0.3) is 5.91 Å². The van der Waals surface area contributed by atoms with E-state index in [0.29, 0.717) is 43.6 Å². The fourth-order valence-electron chi connectivity index (χ4n) is 3.07. The summed E-state index contributed by atoms with van der Waals surface area (Å²) in [6, 6.07) is 0. The summed E-state index contributed by atoms with van der Waals surface area (Å²) in [6.45, 7) is 1.68. The van der Waals surface area contributed by atoms with E-state index >= 15 is 0 Å². The van der Waals surface area contributed by atoms with Crippen LogP contribution in [0.2, 0.25) is 0 Å². The van der Waals surface area contributed by atoms with Crippen LogP contribution in [0, 0.1) is 5.92 Å². The van der Waals surface area contributed by atoms with E-state index in [1.54, 1.807) is 33.8 Å². The van der Waals surface area contributed by atoms with Gasteiger partial charge in [-0.2, -0.15) is 4.98 Å². The second-order valence-corrected chi connectivity index (χ2v) is 7.10.